The quantitative estimate of drug-likeness (QED) is 0.0660. The van der Waals surface area contributed by atoms with Gasteiger partial charge in [0.05, 0.1) is 157 Å². The molecule has 2 N–H and O–H groups in total. The number of carbonyl (C=O) groups is 2. The largest absolute Gasteiger partial charge is 0.480 e. The van der Waals surface area contributed by atoms with Crippen LogP contribution in [-0.4, -0.2) is 197 Å². The van der Waals surface area contributed by atoms with Crippen molar-refractivity contribution in [2.45, 2.75) is 11.8 Å². The summed E-state index contributed by atoms with van der Waals surface area (Å²) in [6, 6.07) is 6.45. The molecule has 0 heterocycles. The van der Waals surface area contributed by atoms with Crippen LogP contribution in [-0.2, 0) is 80.7 Å². The third kappa shape index (κ3) is 34.6. The molecule has 0 fully saturated rings. The van der Waals surface area contributed by atoms with Gasteiger partial charge in [0.15, 0.2) is 0 Å². The number of benzene rings is 1. The first-order chi connectivity index (χ1) is 26.8. The van der Waals surface area contributed by atoms with Crippen molar-refractivity contribution in [2.75, 3.05) is 172 Å². The minimum absolute atomic E-state index is 0.0701. The van der Waals surface area contributed by atoms with Gasteiger partial charge in [-0.25, -0.2) is 4.79 Å². The molecular formula is C35H61NO18S. The molecule has 0 aliphatic carbocycles. The van der Waals surface area contributed by atoms with Gasteiger partial charge in [-0.3, -0.25) is 8.98 Å². The summed E-state index contributed by atoms with van der Waals surface area (Å²) in [7, 11) is -3.79. The lowest BCUT2D eigenvalue weighted by Crippen LogP contribution is -2.31. The van der Waals surface area contributed by atoms with Gasteiger partial charge in [-0.15, -0.1) is 0 Å². The first-order valence-corrected chi connectivity index (χ1v) is 19.6. The topological polar surface area (TPSA) is 221 Å². The third-order valence-corrected chi connectivity index (χ3v) is 7.85. The predicted octanol–water partition coefficient (Wildman–Crippen LogP) is 0.100. The Kier molecular flexibility index (Phi) is 34.2. The smallest absolute Gasteiger partial charge is 0.329 e. The Hall–Kier alpha value is -2.41. The lowest BCUT2D eigenvalue weighted by atomic mass is 10.2. The molecule has 1 rings (SSSR count). The number of hydrogen-bond acceptors (Lipinski definition) is 17. The molecule has 1 aromatic rings. The molecule has 0 saturated heterocycles. The third-order valence-electron chi connectivity index (χ3n) is 6.52. The number of carbonyl (C=O) groups excluding carboxylic acids is 1. The zero-order valence-corrected chi connectivity index (χ0v) is 32.8. The SMILES string of the molecule is Cc1ccc(S(=O)(=O)OCCOCCOCCOCCOCCOCCOCCOCCOCCOCCOCCOCCNC(=O)COCC(=O)O)cc1. The Morgan fingerprint density at radius 3 is 1.11 bits per heavy atom. The molecule has 0 aliphatic rings. The van der Waals surface area contributed by atoms with Crippen molar-refractivity contribution in [2.24, 2.45) is 0 Å². The van der Waals surface area contributed by atoms with Crippen molar-refractivity contribution in [3.63, 3.8) is 0 Å². The summed E-state index contributed by atoms with van der Waals surface area (Å²) in [6.07, 6.45) is 0. The highest BCUT2D eigenvalue weighted by Crippen LogP contribution is 2.12. The Balaban J connectivity index is 1.67. The average Bonchev–Trinajstić information content (AvgIpc) is 3.16. The van der Waals surface area contributed by atoms with E-state index in [0.29, 0.717) is 145 Å². The molecule has 0 radical (unpaired) electrons. The van der Waals surface area contributed by atoms with Gasteiger partial charge in [0.1, 0.15) is 13.2 Å². The van der Waals surface area contributed by atoms with Gasteiger partial charge in [-0.2, -0.15) is 8.42 Å². The number of hydrogen-bond donors (Lipinski definition) is 2. The second-order valence-corrected chi connectivity index (χ2v) is 12.7. The fourth-order valence-corrected chi connectivity index (χ4v) is 4.71. The molecule has 0 bridgehead atoms. The van der Waals surface area contributed by atoms with Crippen LogP contribution < -0.4 is 5.32 Å². The van der Waals surface area contributed by atoms with Crippen molar-refractivity contribution in [3.8, 4) is 0 Å². The van der Waals surface area contributed by atoms with E-state index in [4.69, 9.17) is 61.4 Å². The summed E-state index contributed by atoms with van der Waals surface area (Å²) in [4.78, 5) is 21.8. The fraction of sp³-hybridized carbons (Fsp3) is 0.771. The Bertz CT molecular complexity index is 1140. The molecule has 0 aliphatic heterocycles. The molecule has 0 spiro atoms. The van der Waals surface area contributed by atoms with E-state index in [2.05, 4.69) is 10.1 Å². The molecule has 0 saturated carbocycles. The van der Waals surface area contributed by atoms with Gasteiger partial charge in [-0.1, -0.05) is 17.7 Å². The Morgan fingerprint density at radius 1 is 0.473 bits per heavy atom. The van der Waals surface area contributed by atoms with E-state index in [1.807, 2.05) is 6.92 Å². The second kappa shape index (κ2) is 37.2. The van der Waals surface area contributed by atoms with Crippen LogP contribution in [0.3, 0.4) is 0 Å². The highest BCUT2D eigenvalue weighted by molar-refractivity contribution is 7.86. The minimum Gasteiger partial charge on any atom is -0.480 e. The maximum Gasteiger partial charge on any atom is 0.329 e. The summed E-state index contributed by atoms with van der Waals surface area (Å²) in [5, 5.41) is 11.0. The fourth-order valence-electron chi connectivity index (χ4n) is 3.82. The summed E-state index contributed by atoms with van der Waals surface area (Å²) in [5.41, 5.74) is 0.967. The van der Waals surface area contributed by atoms with E-state index in [9.17, 15) is 18.0 Å². The first kappa shape index (κ1) is 50.6. The van der Waals surface area contributed by atoms with Gasteiger partial charge >= 0.3 is 5.97 Å². The van der Waals surface area contributed by atoms with Gasteiger partial charge < -0.3 is 67.3 Å². The number of rotatable bonds is 42. The highest BCUT2D eigenvalue weighted by atomic mass is 32.2. The maximum absolute atomic E-state index is 12.1. The number of aryl methyl sites for hydroxylation is 1. The molecule has 20 heteroatoms. The van der Waals surface area contributed by atoms with E-state index < -0.39 is 28.6 Å². The van der Waals surface area contributed by atoms with E-state index in [-0.39, 0.29) is 24.7 Å². The summed E-state index contributed by atoms with van der Waals surface area (Å²) in [5.74, 6) is -1.53. The van der Waals surface area contributed by atoms with Gasteiger partial charge in [0, 0.05) is 6.54 Å². The number of carboxylic acid groups (broad SMARTS) is 1. The predicted molar refractivity (Wildman–Crippen MR) is 195 cm³/mol. The van der Waals surface area contributed by atoms with E-state index in [0.717, 1.165) is 5.56 Å². The number of aliphatic carboxylic acids is 1. The minimum atomic E-state index is -3.79. The van der Waals surface area contributed by atoms with E-state index in [1.54, 1.807) is 12.1 Å². The van der Waals surface area contributed by atoms with Crippen LogP contribution >= 0.6 is 0 Å². The zero-order valence-electron chi connectivity index (χ0n) is 32.0. The summed E-state index contributed by atoms with van der Waals surface area (Å²) in [6.45, 7) is 10.3. The van der Waals surface area contributed by atoms with Crippen molar-refractivity contribution in [1.29, 1.82) is 0 Å². The molecule has 19 nitrogen and oxygen atoms in total. The van der Waals surface area contributed by atoms with E-state index >= 15 is 0 Å². The molecule has 0 unspecified atom stereocenters. The van der Waals surface area contributed by atoms with Gasteiger partial charge in [0.2, 0.25) is 5.91 Å². The average molecular weight is 816 g/mol. The Labute approximate surface area is 324 Å². The lowest BCUT2D eigenvalue weighted by molar-refractivity contribution is -0.143. The normalized spacial score (nSPS) is 11.7. The van der Waals surface area contributed by atoms with Gasteiger partial charge in [-0.05, 0) is 19.1 Å². The number of carboxylic acids is 1. The van der Waals surface area contributed by atoms with Crippen molar-refractivity contribution < 1.29 is 84.1 Å². The van der Waals surface area contributed by atoms with Crippen molar-refractivity contribution in [3.05, 3.63) is 29.8 Å². The number of nitrogens with one attached hydrogen (secondary N) is 1. The monoisotopic (exact) mass is 815 g/mol. The highest BCUT2D eigenvalue weighted by Gasteiger charge is 2.14. The van der Waals surface area contributed by atoms with Crippen LogP contribution in [0, 0.1) is 6.92 Å². The van der Waals surface area contributed by atoms with Crippen LogP contribution in [0.4, 0.5) is 0 Å². The molecular weight excluding hydrogens is 754 g/mol. The van der Waals surface area contributed by atoms with Crippen LogP contribution in [0.15, 0.2) is 29.2 Å². The van der Waals surface area contributed by atoms with Crippen molar-refractivity contribution in [1.82, 2.24) is 5.32 Å². The zero-order chi connectivity index (χ0) is 39.9. The molecule has 55 heavy (non-hydrogen) atoms. The molecule has 1 aromatic carbocycles. The van der Waals surface area contributed by atoms with Crippen LogP contribution in [0.1, 0.15) is 5.56 Å². The molecule has 0 aromatic heterocycles. The second-order valence-electron chi connectivity index (χ2n) is 11.1. The van der Waals surface area contributed by atoms with Crippen molar-refractivity contribution >= 4 is 22.0 Å². The number of ether oxygens (including phenoxy) is 12. The summed E-state index contributed by atoms with van der Waals surface area (Å²) >= 11 is 0. The molecule has 1 amide bonds. The Morgan fingerprint density at radius 2 is 0.782 bits per heavy atom. The lowest BCUT2D eigenvalue weighted by Gasteiger charge is -2.09. The standard InChI is InChI=1S/C35H61NO18S/c1-32-2-4-33(5-3-32)55(40,41)54-29-28-52-27-26-51-25-24-50-23-22-49-21-20-48-19-18-47-17-16-46-15-14-45-13-12-44-11-10-43-9-8-42-7-6-36-34(37)30-53-31-35(38)39/h2-5H,6-31H2,1H3,(H,36,37)(H,38,39). The number of amides is 1. The molecule has 320 valence electrons. The molecule has 0 atom stereocenters. The van der Waals surface area contributed by atoms with Crippen LogP contribution in [0.2, 0.25) is 0 Å². The van der Waals surface area contributed by atoms with Crippen LogP contribution in [0.25, 0.3) is 0 Å². The maximum atomic E-state index is 12.1. The van der Waals surface area contributed by atoms with E-state index in [1.165, 1.54) is 12.1 Å². The van der Waals surface area contributed by atoms with Gasteiger partial charge in [0.25, 0.3) is 10.1 Å². The first-order valence-electron chi connectivity index (χ1n) is 18.2. The van der Waals surface area contributed by atoms with Crippen LogP contribution in [0.5, 0.6) is 0 Å². The summed E-state index contributed by atoms with van der Waals surface area (Å²) < 4.78 is 93.5.